The average Bonchev–Trinajstić information content (AvgIpc) is 3.26. The maximum atomic E-state index is 6.05. The molecule has 2 aromatic carbocycles. The highest BCUT2D eigenvalue weighted by atomic mass is 15.3. The molecule has 4 N–H and O–H groups in total. The van der Waals surface area contributed by atoms with Crippen molar-refractivity contribution >= 4 is 22.8 Å². The van der Waals surface area contributed by atoms with E-state index in [0.29, 0.717) is 12.1 Å². The number of rotatable bonds is 5. The fourth-order valence-electron chi connectivity index (χ4n) is 4.20. The molecule has 2 heterocycles. The van der Waals surface area contributed by atoms with E-state index in [4.69, 9.17) is 5.73 Å². The molecule has 0 amide bonds. The van der Waals surface area contributed by atoms with Gasteiger partial charge in [0.05, 0.1) is 5.69 Å². The van der Waals surface area contributed by atoms with E-state index >= 15 is 0 Å². The number of nitrogens with two attached hydrogens (primary N) is 1. The largest absolute Gasteiger partial charge is 0.366 e. The first-order valence-electron chi connectivity index (χ1n) is 10.9. The summed E-state index contributed by atoms with van der Waals surface area (Å²) in [6.45, 7) is 2.11. The van der Waals surface area contributed by atoms with E-state index < -0.39 is 0 Å². The lowest BCUT2D eigenvalue weighted by Gasteiger charge is -2.27. The van der Waals surface area contributed by atoms with Crippen molar-refractivity contribution in [2.75, 3.05) is 10.6 Å². The van der Waals surface area contributed by atoms with Crippen molar-refractivity contribution < 1.29 is 0 Å². The van der Waals surface area contributed by atoms with Gasteiger partial charge in [0.25, 0.3) is 0 Å². The van der Waals surface area contributed by atoms with Gasteiger partial charge in [-0.25, -0.2) is 9.50 Å². The number of nitrogens with zero attached hydrogens (tertiary/aromatic N) is 3. The van der Waals surface area contributed by atoms with Gasteiger partial charge in [-0.3, -0.25) is 0 Å². The third-order valence-corrected chi connectivity index (χ3v) is 6.03. The van der Waals surface area contributed by atoms with Crippen LogP contribution in [-0.2, 0) is 0 Å². The predicted molar refractivity (Wildman–Crippen MR) is 127 cm³/mol. The monoisotopic (exact) mass is 412 g/mol. The lowest BCUT2D eigenvalue weighted by molar-refractivity contribution is 0.410. The molecule has 0 unspecified atom stereocenters. The third-order valence-electron chi connectivity index (χ3n) is 6.03. The van der Waals surface area contributed by atoms with Crippen LogP contribution in [0.2, 0.25) is 0 Å². The molecule has 4 aromatic rings. The summed E-state index contributed by atoms with van der Waals surface area (Å²) in [5, 5.41) is 11.8. The van der Waals surface area contributed by atoms with E-state index in [1.165, 1.54) is 16.7 Å². The minimum atomic E-state index is 0.335. The smallest absolute Gasteiger partial charge is 0.177 e. The van der Waals surface area contributed by atoms with Crippen LogP contribution in [-0.4, -0.2) is 26.7 Å². The Morgan fingerprint density at radius 1 is 0.935 bits per heavy atom. The highest BCUT2D eigenvalue weighted by molar-refractivity contribution is 5.77. The zero-order valence-electron chi connectivity index (χ0n) is 17.8. The summed E-state index contributed by atoms with van der Waals surface area (Å²) in [6.07, 6.45) is 7.93. The first-order chi connectivity index (χ1) is 15.1. The van der Waals surface area contributed by atoms with Gasteiger partial charge < -0.3 is 16.4 Å². The fraction of sp³-hybridized carbons (Fsp3) is 0.280. The molecule has 1 saturated carbocycles. The third kappa shape index (κ3) is 4.39. The standard InChI is InChI=1S/C25H28N6/c1-17-2-4-18(5-3-17)19-6-10-21(11-7-19)28-23-16-24(30-31-15-14-27-25(23)31)29-22-12-8-20(26)9-13-22/h2-7,10-11,14-16,20,22,28H,8-9,12-13,26H2,1H3,(H,29,30). The average molecular weight is 413 g/mol. The first-order valence-corrected chi connectivity index (χ1v) is 10.9. The molecule has 1 aliphatic carbocycles. The van der Waals surface area contributed by atoms with Crippen molar-refractivity contribution in [2.24, 2.45) is 5.73 Å². The first kappa shape index (κ1) is 19.6. The number of hydrogen-bond donors (Lipinski definition) is 3. The van der Waals surface area contributed by atoms with Gasteiger partial charge in [0.15, 0.2) is 5.65 Å². The Kier molecular flexibility index (Phi) is 5.30. The number of aromatic nitrogens is 3. The molecule has 0 bridgehead atoms. The molecule has 0 aliphatic heterocycles. The summed E-state index contributed by atoms with van der Waals surface area (Å²) >= 11 is 0. The van der Waals surface area contributed by atoms with Crippen LogP contribution in [0.1, 0.15) is 31.2 Å². The van der Waals surface area contributed by atoms with E-state index in [2.05, 4.69) is 76.2 Å². The molecule has 1 aliphatic rings. The topological polar surface area (TPSA) is 80.3 Å². The molecule has 0 spiro atoms. The summed E-state index contributed by atoms with van der Waals surface area (Å²) in [5.74, 6) is 0.852. The minimum Gasteiger partial charge on any atom is -0.366 e. The lowest BCUT2D eigenvalue weighted by atomic mass is 9.92. The van der Waals surface area contributed by atoms with Crippen molar-refractivity contribution in [3.05, 3.63) is 72.6 Å². The zero-order chi connectivity index (χ0) is 21.2. The summed E-state index contributed by atoms with van der Waals surface area (Å²) in [5.41, 5.74) is 12.5. The van der Waals surface area contributed by atoms with Gasteiger partial charge in [0.1, 0.15) is 5.82 Å². The predicted octanol–water partition coefficient (Wildman–Crippen LogP) is 5.13. The van der Waals surface area contributed by atoms with Crippen molar-refractivity contribution in [3.8, 4) is 11.1 Å². The van der Waals surface area contributed by atoms with Crippen LogP contribution in [0.25, 0.3) is 16.8 Å². The summed E-state index contributed by atoms with van der Waals surface area (Å²) in [7, 11) is 0. The minimum absolute atomic E-state index is 0.335. The SMILES string of the molecule is Cc1ccc(-c2ccc(Nc3cc(NC4CCC(N)CC4)nn4ccnc34)cc2)cc1. The van der Waals surface area contributed by atoms with Crippen LogP contribution >= 0.6 is 0 Å². The number of nitrogens with one attached hydrogen (secondary N) is 2. The second-order valence-electron chi connectivity index (χ2n) is 8.46. The maximum absolute atomic E-state index is 6.05. The Morgan fingerprint density at radius 3 is 2.32 bits per heavy atom. The highest BCUT2D eigenvalue weighted by Gasteiger charge is 2.19. The van der Waals surface area contributed by atoms with Gasteiger partial charge in [0.2, 0.25) is 0 Å². The number of fused-ring (bicyclic) bond motifs is 1. The van der Waals surface area contributed by atoms with Gasteiger partial charge in [-0.15, -0.1) is 5.10 Å². The summed E-state index contributed by atoms with van der Waals surface area (Å²) in [4.78, 5) is 4.48. The van der Waals surface area contributed by atoms with Crippen LogP contribution in [0.5, 0.6) is 0 Å². The summed E-state index contributed by atoms with van der Waals surface area (Å²) < 4.78 is 1.82. The van der Waals surface area contributed by atoms with Crippen LogP contribution < -0.4 is 16.4 Å². The van der Waals surface area contributed by atoms with Crippen molar-refractivity contribution in [3.63, 3.8) is 0 Å². The molecule has 5 rings (SSSR count). The van der Waals surface area contributed by atoms with Crippen LogP contribution in [0, 0.1) is 6.92 Å². The summed E-state index contributed by atoms with van der Waals surface area (Å²) in [6, 6.07) is 19.9. The number of imidazole rings is 1. The van der Waals surface area contributed by atoms with Gasteiger partial charge in [-0.05, 0) is 55.9 Å². The fourth-order valence-corrected chi connectivity index (χ4v) is 4.20. The molecule has 6 nitrogen and oxygen atoms in total. The number of benzene rings is 2. The zero-order valence-corrected chi connectivity index (χ0v) is 17.8. The Morgan fingerprint density at radius 2 is 1.61 bits per heavy atom. The Balaban J connectivity index is 1.37. The number of aryl methyl sites for hydroxylation is 1. The second-order valence-corrected chi connectivity index (χ2v) is 8.46. The quantitative estimate of drug-likeness (QED) is 0.423. The van der Waals surface area contributed by atoms with Crippen LogP contribution in [0.4, 0.5) is 17.2 Å². The van der Waals surface area contributed by atoms with Crippen LogP contribution in [0.3, 0.4) is 0 Å². The molecular formula is C25H28N6. The lowest BCUT2D eigenvalue weighted by Crippen LogP contribution is -2.33. The van der Waals surface area contributed by atoms with Gasteiger partial charge in [-0.2, -0.15) is 0 Å². The molecule has 6 heteroatoms. The van der Waals surface area contributed by atoms with Crippen molar-refractivity contribution in [1.82, 2.24) is 14.6 Å². The van der Waals surface area contributed by atoms with E-state index in [1.807, 2.05) is 16.8 Å². The van der Waals surface area contributed by atoms with Gasteiger partial charge >= 0.3 is 0 Å². The van der Waals surface area contributed by atoms with E-state index in [9.17, 15) is 0 Å². The van der Waals surface area contributed by atoms with Crippen molar-refractivity contribution in [1.29, 1.82) is 0 Å². The van der Waals surface area contributed by atoms with Gasteiger partial charge in [-0.1, -0.05) is 42.0 Å². The van der Waals surface area contributed by atoms with Crippen molar-refractivity contribution in [2.45, 2.75) is 44.7 Å². The maximum Gasteiger partial charge on any atom is 0.177 e. The van der Waals surface area contributed by atoms with E-state index in [-0.39, 0.29) is 0 Å². The molecule has 0 saturated heterocycles. The Labute approximate surface area is 182 Å². The molecular weight excluding hydrogens is 384 g/mol. The molecule has 31 heavy (non-hydrogen) atoms. The van der Waals surface area contributed by atoms with E-state index in [0.717, 1.165) is 48.5 Å². The Hall–Kier alpha value is -3.38. The van der Waals surface area contributed by atoms with E-state index in [1.54, 1.807) is 6.20 Å². The highest BCUT2D eigenvalue weighted by Crippen LogP contribution is 2.27. The molecule has 1 fully saturated rings. The number of anilines is 3. The van der Waals surface area contributed by atoms with Gasteiger partial charge in [0, 0.05) is 36.2 Å². The molecule has 158 valence electrons. The molecule has 0 atom stereocenters. The molecule has 2 aromatic heterocycles. The second kappa shape index (κ2) is 8.40. The molecule has 0 radical (unpaired) electrons. The number of hydrogen-bond acceptors (Lipinski definition) is 5. The normalized spacial score (nSPS) is 18.8. The van der Waals surface area contributed by atoms with Crippen LogP contribution in [0.15, 0.2) is 67.0 Å². The Bertz CT molecular complexity index is 1160.